The molecule has 2 atom stereocenters. The molecule has 2 fully saturated rings. The fourth-order valence-corrected chi connectivity index (χ4v) is 3.75. The number of rotatable bonds is 5. The van der Waals surface area contributed by atoms with Crippen LogP contribution in [0.5, 0.6) is 0 Å². The molecule has 1 aliphatic heterocycles. The van der Waals surface area contributed by atoms with E-state index < -0.39 is 33.0 Å². The first-order chi connectivity index (χ1) is 9.73. The van der Waals surface area contributed by atoms with Crippen molar-refractivity contribution in [3.8, 4) is 0 Å². The van der Waals surface area contributed by atoms with Gasteiger partial charge in [0.2, 0.25) is 0 Å². The van der Waals surface area contributed by atoms with Gasteiger partial charge in [-0.15, -0.1) is 0 Å². The fourth-order valence-electron chi connectivity index (χ4n) is 2.83. The highest BCUT2D eigenvalue weighted by atomic mass is 35.5. The highest BCUT2D eigenvalue weighted by Gasteiger charge is 2.62. The zero-order valence-electron chi connectivity index (χ0n) is 12.1. The monoisotopic (exact) mass is 341 g/mol. The van der Waals surface area contributed by atoms with E-state index in [1.165, 1.54) is 7.11 Å². The second-order valence-electron chi connectivity index (χ2n) is 5.40. The van der Waals surface area contributed by atoms with Gasteiger partial charge in [-0.05, 0) is 12.8 Å². The van der Waals surface area contributed by atoms with Gasteiger partial charge in [0.05, 0.1) is 12.9 Å². The van der Waals surface area contributed by atoms with Crippen molar-refractivity contribution in [2.45, 2.75) is 49.8 Å². The van der Waals surface area contributed by atoms with Gasteiger partial charge in [0, 0.05) is 20.0 Å². The predicted octanol–water partition coefficient (Wildman–Crippen LogP) is 1.60. The molecule has 0 aromatic carbocycles. The van der Waals surface area contributed by atoms with E-state index in [1.54, 1.807) is 0 Å². The predicted molar refractivity (Wildman–Crippen MR) is 75.9 cm³/mol. The van der Waals surface area contributed by atoms with E-state index in [9.17, 15) is 8.42 Å². The Morgan fingerprint density at radius 1 is 1.38 bits per heavy atom. The van der Waals surface area contributed by atoms with Gasteiger partial charge in [-0.25, -0.2) is 4.18 Å². The number of nitrogens with one attached hydrogen (secondary N) is 1. The van der Waals surface area contributed by atoms with E-state index in [0.29, 0.717) is 12.8 Å². The summed E-state index contributed by atoms with van der Waals surface area (Å²) in [5.41, 5.74) is 0. The molecule has 21 heavy (non-hydrogen) atoms. The zero-order valence-corrected chi connectivity index (χ0v) is 13.6. The van der Waals surface area contributed by atoms with Gasteiger partial charge in [-0.1, -0.05) is 18.0 Å². The van der Waals surface area contributed by atoms with Crippen molar-refractivity contribution in [2.75, 3.05) is 20.0 Å². The molecule has 1 N–H and O–H groups in total. The van der Waals surface area contributed by atoms with E-state index in [-0.39, 0.29) is 6.61 Å². The van der Waals surface area contributed by atoms with E-state index in [2.05, 4.69) is 0 Å². The molecule has 1 aliphatic carbocycles. The number of hydrogen-bond acceptors (Lipinski definition) is 7. The molecular weight excluding hydrogens is 322 g/mol. The summed E-state index contributed by atoms with van der Waals surface area (Å²) in [5, 5.41) is 7.17. The van der Waals surface area contributed by atoms with Gasteiger partial charge in [0.25, 0.3) is 15.9 Å². The first-order valence-corrected chi connectivity index (χ1v) is 8.94. The van der Waals surface area contributed by atoms with Crippen molar-refractivity contribution >= 4 is 26.9 Å². The lowest BCUT2D eigenvalue weighted by atomic mass is 9.94. The summed E-state index contributed by atoms with van der Waals surface area (Å²) in [6, 6.07) is 0. The minimum absolute atomic E-state index is 0.00632. The van der Waals surface area contributed by atoms with Gasteiger partial charge >= 0.3 is 0 Å². The Kier molecular flexibility index (Phi) is 4.97. The first-order valence-electron chi connectivity index (χ1n) is 6.75. The molecule has 7 nitrogen and oxygen atoms in total. The molecule has 0 aromatic heterocycles. The van der Waals surface area contributed by atoms with Crippen LogP contribution in [0, 0.1) is 5.41 Å². The average molecular weight is 342 g/mol. The summed E-state index contributed by atoms with van der Waals surface area (Å²) in [6.07, 6.45) is 4.02. The normalized spacial score (nSPS) is 32.4. The third-order valence-electron chi connectivity index (χ3n) is 3.63. The van der Waals surface area contributed by atoms with Crippen molar-refractivity contribution in [3.63, 3.8) is 0 Å². The Labute approximate surface area is 129 Å². The standard InChI is InChI=1S/C12H20ClNO6S/c1-17-8-9-12(10(13)14,20-21(2,15)16)19-11(18-9)6-4-3-5-7-11/h9,14H,3-8H2,1-2H3/t9-,12+/m0/s1. The van der Waals surface area contributed by atoms with Gasteiger partial charge in [0.15, 0.2) is 11.0 Å². The lowest BCUT2D eigenvalue weighted by molar-refractivity contribution is -0.223. The van der Waals surface area contributed by atoms with Crippen LogP contribution in [0.4, 0.5) is 0 Å². The van der Waals surface area contributed by atoms with Gasteiger partial charge < -0.3 is 14.2 Å². The lowest BCUT2D eigenvalue weighted by Crippen LogP contribution is -2.51. The van der Waals surface area contributed by atoms with Crippen molar-refractivity contribution in [1.82, 2.24) is 0 Å². The summed E-state index contributed by atoms with van der Waals surface area (Å²) < 4.78 is 44.9. The number of ether oxygens (including phenoxy) is 3. The van der Waals surface area contributed by atoms with E-state index in [4.69, 9.17) is 35.4 Å². The first kappa shape index (κ1) is 17.1. The number of hydrogen-bond donors (Lipinski definition) is 1. The van der Waals surface area contributed by atoms with Crippen molar-refractivity contribution in [1.29, 1.82) is 5.41 Å². The van der Waals surface area contributed by atoms with Crippen molar-refractivity contribution < 1.29 is 26.8 Å². The molecule has 1 heterocycles. The molecule has 0 amide bonds. The van der Waals surface area contributed by atoms with Crippen LogP contribution >= 0.6 is 11.6 Å². The maximum Gasteiger partial charge on any atom is 0.271 e. The Morgan fingerprint density at radius 2 is 2.00 bits per heavy atom. The van der Waals surface area contributed by atoms with Crippen molar-refractivity contribution in [3.05, 3.63) is 0 Å². The molecule has 2 aliphatic rings. The fraction of sp³-hybridized carbons (Fsp3) is 0.917. The van der Waals surface area contributed by atoms with Crippen LogP contribution in [0.25, 0.3) is 0 Å². The highest BCUT2D eigenvalue weighted by molar-refractivity contribution is 7.86. The molecule has 0 bridgehead atoms. The number of methoxy groups -OCH3 is 1. The summed E-state index contributed by atoms with van der Waals surface area (Å²) >= 11 is 5.81. The second kappa shape index (κ2) is 6.10. The summed E-state index contributed by atoms with van der Waals surface area (Å²) in [5.74, 6) is -2.93. The SMILES string of the molecule is COC[C@@H]1OC2(CCCCC2)O[C@]1(OS(C)(=O)=O)C(=N)Cl. The van der Waals surface area contributed by atoms with Crippen LogP contribution in [-0.2, 0) is 28.5 Å². The molecule has 1 saturated carbocycles. The average Bonchev–Trinajstić information content (AvgIpc) is 2.63. The summed E-state index contributed by atoms with van der Waals surface area (Å²) in [7, 11) is -2.46. The van der Waals surface area contributed by atoms with Gasteiger partial charge in [0.1, 0.15) is 6.10 Å². The molecule has 122 valence electrons. The smallest absolute Gasteiger partial charge is 0.271 e. The molecule has 0 unspecified atom stereocenters. The molecule has 9 heteroatoms. The second-order valence-corrected chi connectivity index (χ2v) is 7.36. The minimum Gasteiger partial charge on any atom is -0.382 e. The Balaban J connectivity index is 2.37. The molecule has 0 radical (unpaired) electrons. The summed E-state index contributed by atoms with van der Waals surface area (Å²) in [4.78, 5) is 0. The maximum atomic E-state index is 11.6. The van der Waals surface area contributed by atoms with Crippen LogP contribution in [0.3, 0.4) is 0 Å². The third kappa shape index (κ3) is 3.57. The topological polar surface area (TPSA) is 94.9 Å². The Hall–Kier alpha value is -0.250. The van der Waals surface area contributed by atoms with E-state index in [0.717, 1.165) is 25.5 Å². The maximum absolute atomic E-state index is 11.6. The molecule has 1 spiro atoms. The van der Waals surface area contributed by atoms with Crippen LogP contribution in [0.1, 0.15) is 32.1 Å². The lowest BCUT2D eigenvalue weighted by Gasteiger charge is -2.33. The highest BCUT2D eigenvalue weighted by Crippen LogP contribution is 2.47. The Bertz CT molecular complexity index is 504. The minimum atomic E-state index is -3.90. The quantitative estimate of drug-likeness (QED) is 0.603. The van der Waals surface area contributed by atoms with Crippen LogP contribution < -0.4 is 0 Å². The van der Waals surface area contributed by atoms with Crippen LogP contribution in [0.2, 0.25) is 0 Å². The third-order valence-corrected chi connectivity index (χ3v) is 4.45. The van der Waals surface area contributed by atoms with Crippen LogP contribution in [-0.4, -0.2) is 51.2 Å². The largest absolute Gasteiger partial charge is 0.382 e. The summed E-state index contributed by atoms with van der Waals surface area (Å²) in [6.45, 7) is 0.00632. The van der Waals surface area contributed by atoms with Gasteiger partial charge in [-0.3, -0.25) is 5.41 Å². The van der Waals surface area contributed by atoms with E-state index in [1.807, 2.05) is 0 Å². The van der Waals surface area contributed by atoms with Crippen molar-refractivity contribution in [2.24, 2.45) is 0 Å². The zero-order chi connectivity index (χ0) is 15.7. The molecular formula is C12H20ClNO6S. The Morgan fingerprint density at radius 3 is 2.48 bits per heavy atom. The molecule has 0 aromatic rings. The molecule has 1 saturated heterocycles. The van der Waals surface area contributed by atoms with Gasteiger partial charge in [-0.2, -0.15) is 8.42 Å². The van der Waals surface area contributed by atoms with E-state index >= 15 is 0 Å². The number of halogens is 1. The molecule has 2 rings (SSSR count). The van der Waals surface area contributed by atoms with Crippen LogP contribution in [0.15, 0.2) is 0 Å².